The highest BCUT2D eigenvalue weighted by atomic mass is 32.2. The first-order valence-corrected chi connectivity index (χ1v) is 5.59. The second kappa shape index (κ2) is 6.95. The van der Waals surface area contributed by atoms with Crippen LogP contribution in [0.3, 0.4) is 0 Å². The molecule has 0 heterocycles. The van der Waals surface area contributed by atoms with E-state index < -0.39 is 0 Å². The zero-order valence-corrected chi connectivity index (χ0v) is 9.15. The zero-order valence-electron chi connectivity index (χ0n) is 8.33. The second-order valence-corrected chi connectivity index (χ2v) is 3.90. The monoisotopic (exact) mass is 204 g/mol. The molecular weight excluding hydrogens is 188 g/mol. The van der Waals surface area contributed by atoms with Crippen LogP contribution >= 0.6 is 11.8 Å². The summed E-state index contributed by atoms with van der Waals surface area (Å²) in [5.74, 6) is 0.344. The van der Waals surface area contributed by atoms with Crippen LogP contribution in [0.1, 0.15) is 19.8 Å². The second-order valence-electron chi connectivity index (χ2n) is 2.91. The quantitative estimate of drug-likeness (QED) is 0.615. The van der Waals surface area contributed by atoms with Gasteiger partial charge in [0.05, 0.1) is 13.0 Å². The number of esters is 1. The molecule has 0 spiro atoms. The van der Waals surface area contributed by atoms with E-state index in [9.17, 15) is 9.59 Å². The van der Waals surface area contributed by atoms with Crippen molar-refractivity contribution < 1.29 is 14.3 Å². The smallest absolute Gasteiger partial charge is 0.308 e. The highest BCUT2D eigenvalue weighted by Crippen LogP contribution is 2.08. The Morgan fingerprint density at radius 3 is 2.54 bits per heavy atom. The van der Waals surface area contributed by atoms with Gasteiger partial charge in [-0.05, 0) is 12.0 Å². The average Bonchev–Trinajstić information content (AvgIpc) is 2.13. The molecule has 1 atom stereocenters. The van der Waals surface area contributed by atoms with E-state index in [-0.39, 0.29) is 17.7 Å². The number of methoxy groups -OCH3 is 1. The summed E-state index contributed by atoms with van der Waals surface area (Å²) in [4.78, 5) is 22.2. The first-order valence-electron chi connectivity index (χ1n) is 4.20. The summed E-state index contributed by atoms with van der Waals surface area (Å²) in [5, 5.41) is 0. The third-order valence-corrected chi connectivity index (χ3v) is 2.33. The highest BCUT2D eigenvalue weighted by Gasteiger charge is 2.16. The predicted octanol–water partition coefficient (Wildman–Crippen LogP) is 1.51. The maximum Gasteiger partial charge on any atom is 0.308 e. The molecule has 3 nitrogen and oxygen atoms in total. The van der Waals surface area contributed by atoms with Crippen molar-refractivity contribution in [1.82, 2.24) is 0 Å². The number of ketones is 1. The van der Waals surface area contributed by atoms with Crippen LogP contribution in [0.4, 0.5) is 0 Å². The largest absolute Gasteiger partial charge is 0.469 e. The van der Waals surface area contributed by atoms with Gasteiger partial charge in [0, 0.05) is 12.8 Å². The summed E-state index contributed by atoms with van der Waals surface area (Å²) in [5.41, 5.74) is 0. The van der Waals surface area contributed by atoms with E-state index in [0.29, 0.717) is 12.8 Å². The van der Waals surface area contributed by atoms with Gasteiger partial charge in [0.25, 0.3) is 0 Å². The molecule has 0 N–H and O–H groups in total. The number of ether oxygens (including phenoxy) is 1. The van der Waals surface area contributed by atoms with E-state index in [4.69, 9.17) is 0 Å². The van der Waals surface area contributed by atoms with Crippen molar-refractivity contribution in [3.8, 4) is 0 Å². The number of thioether (sulfide) groups is 1. The van der Waals surface area contributed by atoms with Crippen molar-refractivity contribution in [3.63, 3.8) is 0 Å². The molecule has 0 fully saturated rings. The molecule has 0 rings (SSSR count). The van der Waals surface area contributed by atoms with Crippen LogP contribution in [0.2, 0.25) is 0 Å². The molecule has 13 heavy (non-hydrogen) atoms. The Morgan fingerprint density at radius 2 is 2.08 bits per heavy atom. The van der Waals surface area contributed by atoms with E-state index in [0.717, 1.165) is 5.75 Å². The molecule has 76 valence electrons. The van der Waals surface area contributed by atoms with Crippen LogP contribution in [-0.2, 0) is 14.3 Å². The maximum absolute atomic E-state index is 11.2. The van der Waals surface area contributed by atoms with Crippen molar-refractivity contribution in [3.05, 3.63) is 0 Å². The number of hydrogen-bond acceptors (Lipinski definition) is 4. The van der Waals surface area contributed by atoms with Crippen LogP contribution in [0.25, 0.3) is 0 Å². The van der Waals surface area contributed by atoms with Gasteiger partial charge in [-0.3, -0.25) is 9.59 Å². The number of carbonyl (C=O) groups is 2. The van der Waals surface area contributed by atoms with Gasteiger partial charge in [0.15, 0.2) is 0 Å². The van der Waals surface area contributed by atoms with E-state index in [1.165, 1.54) is 7.11 Å². The van der Waals surface area contributed by atoms with Crippen molar-refractivity contribution >= 4 is 23.5 Å². The molecule has 0 aliphatic carbocycles. The number of carbonyl (C=O) groups excluding carboxylic acids is 2. The molecule has 0 aliphatic heterocycles. The summed E-state index contributed by atoms with van der Waals surface area (Å²) in [6, 6.07) is 0. The van der Waals surface area contributed by atoms with Gasteiger partial charge in [-0.25, -0.2) is 0 Å². The molecular formula is C9H16O3S. The van der Waals surface area contributed by atoms with Crippen molar-refractivity contribution in [2.24, 2.45) is 5.92 Å². The predicted molar refractivity (Wildman–Crippen MR) is 53.8 cm³/mol. The molecule has 0 radical (unpaired) electrons. The van der Waals surface area contributed by atoms with Gasteiger partial charge in [0.1, 0.15) is 5.78 Å². The summed E-state index contributed by atoms with van der Waals surface area (Å²) < 4.78 is 4.52. The molecule has 0 aromatic carbocycles. The number of Topliss-reactive ketones (excluding diaryl/α,β-unsaturated/α-hetero) is 1. The van der Waals surface area contributed by atoms with Crippen LogP contribution in [0.15, 0.2) is 0 Å². The van der Waals surface area contributed by atoms with Gasteiger partial charge in [0.2, 0.25) is 0 Å². The number of rotatable bonds is 6. The van der Waals surface area contributed by atoms with E-state index in [1.54, 1.807) is 18.7 Å². The van der Waals surface area contributed by atoms with Gasteiger partial charge in [-0.1, -0.05) is 6.92 Å². The van der Waals surface area contributed by atoms with Crippen molar-refractivity contribution in [2.45, 2.75) is 19.8 Å². The fourth-order valence-electron chi connectivity index (χ4n) is 0.944. The Hall–Kier alpha value is -0.510. The fraction of sp³-hybridized carbons (Fsp3) is 0.778. The lowest BCUT2D eigenvalue weighted by molar-refractivity contribution is -0.146. The topological polar surface area (TPSA) is 43.4 Å². The Labute approximate surface area is 83.2 Å². The first kappa shape index (κ1) is 12.5. The lowest BCUT2D eigenvalue weighted by Crippen LogP contribution is -2.17. The van der Waals surface area contributed by atoms with E-state index in [1.807, 2.05) is 6.26 Å². The molecule has 0 saturated carbocycles. The highest BCUT2D eigenvalue weighted by molar-refractivity contribution is 7.98. The number of hydrogen-bond donors (Lipinski definition) is 0. The third-order valence-electron chi connectivity index (χ3n) is 1.72. The molecule has 0 bridgehead atoms. The molecule has 0 aromatic rings. The Balaban J connectivity index is 3.71. The lowest BCUT2D eigenvalue weighted by Gasteiger charge is -2.07. The fourth-order valence-corrected chi connectivity index (χ4v) is 1.38. The standard InChI is InChI=1S/C9H16O3S/c1-7(9(11)12-2)6-8(10)4-5-13-3/h7H,4-6H2,1-3H3. The first-order chi connectivity index (χ1) is 6.11. The average molecular weight is 204 g/mol. The minimum absolute atomic E-state index is 0.132. The normalized spacial score (nSPS) is 12.2. The van der Waals surface area contributed by atoms with Gasteiger partial charge in [-0.15, -0.1) is 0 Å². The van der Waals surface area contributed by atoms with Crippen LogP contribution in [0.5, 0.6) is 0 Å². The summed E-state index contributed by atoms with van der Waals surface area (Å²) in [6.07, 6.45) is 2.80. The Morgan fingerprint density at radius 1 is 1.46 bits per heavy atom. The Bertz CT molecular complexity index is 180. The molecule has 0 saturated heterocycles. The molecule has 0 aliphatic rings. The molecule has 0 aromatic heterocycles. The minimum atomic E-state index is -0.308. The summed E-state index contributed by atoms with van der Waals surface area (Å²) >= 11 is 1.63. The Kier molecular flexibility index (Phi) is 6.68. The lowest BCUT2D eigenvalue weighted by atomic mass is 10.0. The van der Waals surface area contributed by atoms with Gasteiger partial charge < -0.3 is 4.74 Å². The van der Waals surface area contributed by atoms with Crippen LogP contribution in [0, 0.1) is 5.92 Å². The maximum atomic E-state index is 11.2. The van der Waals surface area contributed by atoms with Crippen molar-refractivity contribution in [1.29, 1.82) is 0 Å². The summed E-state index contributed by atoms with van der Waals surface area (Å²) in [6.45, 7) is 1.71. The molecule has 1 unspecified atom stereocenters. The van der Waals surface area contributed by atoms with Crippen LogP contribution < -0.4 is 0 Å². The minimum Gasteiger partial charge on any atom is -0.469 e. The van der Waals surface area contributed by atoms with Gasteiger partial charge >= 0.3 is 5.97 Å². The van der Waals surface area contributed by atoms with Crippen molar-refractivity contribution in [2.75, 3.05) is 19.1 Å². The summed E-state index contributed by atoms with van der Waals surface area (Å²) in [7, 11) is 1.34. The third kappa shape index (κ3) is 5.69. The van der Waals surface area contributed by atoms with E-state index in [2.05, 4.69) is 4.74 Å². The van der Waals surface area contributed by atoms with Crippen LogP contribution in [-0.4, -0.2) is 30.9 Å². The molecule has 0 amide bonds. The van der Waals surface area contributed by atoms with Gasteiger partial charge in [-0.2, -0.15) is 11.8 Å². The zero-order chi connectivity index (χ0) is 10.3. The SMILES string of the molecule is COC(=O)C(C)CC(=O)CCSC. The molecule has 4 heteroatoms. The van der Waals surface area contributed by atoms with E-state index >= 15 is 0 Å².